The van der Waals surface area contributed by atoms with Crippen LogP contribution in [0.2, 0.25) is 0 Å². The molecule has 0 spiro atoms. The maximum atomic E-state index is 5.65. The van der Waals surface area contributed by atoms with Gasteiger partial charge < -0.3 is 15.0 Å². The van der Waals surface area contributed by atoms with Gasteiger partial charge in [-0.3, -0.25) is 0 Å². The molecule has 1 saturated heterocycles. The van der Waals surface area contributed by atoms with Crippen molar-refractivity contribution in [3.8, 4) is 0 Å². The summed E-state index contributed by atoms with van der Waals surface area (Å²) in [4.78, 5) is 2.60. The highest BCUT2D eigenvalue weighted by Gasteiger charge is 2.36. The molecule has 3 nitrogen and oxygen atoms in total. The first-order valence-electron chi connectivity index (χ1n) is 7.16. The summed E-state index contributed by atoms with van der Waals surface area (Å²) in [5.74, 6) is 0. The molecule has 1 fully saturated rings. The average molecular weight is 242 g/mol. The number of hydrogen-bond donors (Lipinski definition) is 1. The summed E-state index contributed by atoms with van der Waals surface area (Å²) in [5.41, 5.74) is 0.343. The van der Waals surface area contributed by atoms with Crippen LogP contribution in [0.1, 0.15) is 40.5 Å². The van der Waals surface area contributed by atoms with E-state index in [1.807, 2.05) is 0 Å². The Hall–Kier alpha value is -0.120. The molecule has 0 amide bonds. The highest BCUT2D eigenvalue weighted by molar-refractivity contribution is 4.89. The summed E-state index contributed by atoms with van der Waals surface area (Å²) in [5, 5.41) is 3.51. The van der Waals surface area contributed by atoms with Crippen LogP contribution in [0.4, 0.5) is 0 Å². The Balaban J connectivity index is 2.57. The van der Waals surface area contributed by atoms with Gasteiger partial charge in [-0.05, 0) is 39.8 Å². The second-order valence-corrected chi connectivity index (χ2v) is 5.65. The van der Waals surface area contributed by atoms with E-state index in [0.717, 1.165) is 26.3 Å². The van der Waals surface area contributed by atoms with Crippen molar-refractivity contribution in [2.24, 2.45) is 5.41 Å². The van der Waals surface area contributed by atoms with Crippen molar-refractivity contribution in [3.63, 3.8) is 0 Å². The van der Waals surface area contributed by atoms with E-state index in [-0.39, 0.29) is 0 Å². The molecule has 1 rings (SSSR count). The fourth-order valence-corrected chi connectivity index (χ4v) is 2.60. The fraction of sp³-hybridized carbons (Fsp3) is 1.00. The van der Waals surface area contributed by atoms with Crippen LogP contribution in [-0.2, 0) is 4.74 Å². The van der Waals surface area contributed by atoms with Gasteiger partial charge in [-0.15, -0.1) is 0 Å². The first-order chi connectivity index (χ1) is 8.13. The summed E-state index contributed by atoms with van der Waals surface area (Å²) in [6.07, 6.45) is 2.43. The molecular formula is C14H30N2O. The van der Waals surface area contributed by atoms with Crippen molar-refractivity contribution in [1.82, 2.24) is 10.2 Å². The van der Waals surface area contributed by atoms with E-state index in [0.29, 0.717) is 11.5 Å². The zero-order chi connectivity index (χ0) is 12.7. The van der Waals surface area contributed by atoms with Crippen molar-refractivity contribution in [2.75, 3.05) is 39.4 Å². The Bertz CT molecular complexity index is 200. The lowest BCUT2D eigenvalue weighted by Crippen LogP contribution is -2.47. The highest BCUT2D eigenvalue weighted by atomic mass is 16.5. The van der Waals surface area contributed by atoms with E-state index in [1.54, 1.807) is 0 Å². The number of ether oxygens (including phenoxy) is 1. The van der Waals surface area contributed by atoms with Crippen molar-refractivity contribution in [2.45, 2.75) is 46.6 Å². The third kappa shape index (κ3) is 4.57. The third-order valence-corrected chi connectivity index (χ3v) is 3.71. The lowest BCUT2D eigenvalue weighted by atomic mass is 9.86. The van der Waals surface area contributed by atoms with Gasteiger partial charge >= 0.3 is 0 Å². The van der Waals surface area contributed by atoms with Crippen LogP contribution in [0.15, 0.2) is 0 Å². The van der Waals surface area contributed by atoms with E-state index in [1.165, 1.54) is 25.9 Å². The van der Waals surface area contributed by atoms with Gasteiger partial charge in [0.25, 0.3) is 0 Å². The Kier molecular flexibility index (Phi) is 6.45. The molecule has 17 heavy (non-hydrogen) atoms. The molecule has 102 valence electrons. The largest absolute Gasteiger partial charge is 0.381 e. The van der Waals surface area contributed by atoms with Gasteiger partial charge in [0.15, 0.2) is 0 Å². The van der Waals surface area contributed by atoms with Crippen molar-refractivity contribution >= 4 is 0 Å². The van der Waals surface area contributed by atoms with Crippen molar-refractivity contribution in [3.05, 3.63) is 0 Å². The number of nitrogens with zero attached hydrogens (tertiary/aromatic N) is 1. The summed E-state index contributed by atoms with van der Waals surface area (Å²) in [6, 6.07) is 0.633. The second-order valence-electron chi connectivity index (χ2n) is 5.65. The Morgan fingerprint density at radius 3 is 2.59 bits per heavy atom. The van der Waals surface area contributed by atoms with Gasteiger partial charge in [0.1, 0.15) is 0 Å². The van der Waals surface area contributed by atoms with E-state index >= 15 is 0 Å². The molecule has 0 saturated carbocycles. The fourth-order valence-electron chi connectivity index (χ4n) is 2.60. The maximum absolute atomic E-state index is 5.65. The van der Waals surface area contributed by atoms with Gasteiger partial charge in [-0.1, -0.05) is 13.8 Å². The number of rotatable bonds is 8. The third-order valence-electron chi connectivity index (χ3n) is 3.71. The topological polar surface area (TPSA) is 24.5 Å². The summed E-state index contributed by atoms with van der Waals surface area (Å²) in [7, 11) is 0. The summed E-state index contributed by atoms with van der Waals surface area (Å²) < 4.78 is 5.65. The standard InChI is InChI=1S/C14H30N2O/c1-5-8-16(13(3)4)11-14(10-15-6-2)7-9-17-12-14/h13,15H,5-12H2,1-4H3. The minimum atomic E-state index is 0.343. The van der Waals surface area contributed by atoms with Gasteiger partial charge in [-0.25, -0.2) is 0 Å². The number of nitrogens with one attached hydrogen (secondary N) is 1. The minimum Gasteiger partial charge on any atom is -0.381 e. The Labute approximate surface area is 107 Å². The molecule has 1 unspecified atom stereocenters. The lowest BCUT2D eigenvalue weighted by molar-refractivity contribution is 0.0932. The first-order valence-corrected chi connectivity index (χ1v) is 7.16. The van der Waals surface area contributed by atoms with E-state index in [9.17, 15) is 0 Å². The molecule has 0 radical (unpaired) electrons. The molecule has 3 heteroatoms. The predicted molar refractivity (Wildman–Crippen MR) is 73.4 cm³/mol. The monoisotopic (exact) mass is 242 g/mol. The number of hydrogen-bond acceptors (Lipinski definition) is 3. The SMILES string of the molecule is CCCN(CC1(CNCC)CCOC1)C(C)C. The van der Waals surface area contributed by atoms with Gasteiger partial charge in [0.2, 0.25) is 0 Å². The Morgan fingerprint density at radius 2 is 2.12 bits per heavy atom. The molecule has 1 aliphatic rings. The predicted octanol–water partition coefficient (Wildman–Crippen LogP) is 2.12. The molecule has 0 aromatic rings. The van der Waals surface area contributed by atoms with Crippen molar-refractivity contribution in [1.29, 1.82) is 0 Å². The average Bonchev–Trinajstić information content (AvgIpc) is 2.75. The van der Waals surface area contributed by atoms with E-state index in [4.69, 9.17) is 4.74 Å². The van der Waals surface area contributed by atoms with Crippen LogP contribution in [0.3, 0.4) is 0 Å². The second kappa shape index (κ2) is 7.34. The highest BCUT2D eigenvalue weighted by Crippen LogP contribution is 2.29. The maximum Gasteiger partial charge on any atom is 0.0547 e. The van der Waals surface area contributed by atoms with Gasteiger partial charge in [-0.2, -0.15) is 0 Å². The molecule has 1 N–H and O–H groups in total. The van der Waals surface area contributed by atoms with Crippen LogP contribution in [0.25, 0.3) is 0 Å². The van der Waals surface area contributed by atoms with Crippen molar-refractivity contribution < 1.29 is 4.74 Å². The zero-order valence-corrected chi connectivity index (χ0v) is 12.1. The molecule has 0 aromatic carbocycles. The molecule has 1 heterocycles. The van der Waals surface area contributed by atoms with E-state index in [2.05, 4.69) is 37.9 Å². The van der Waals surface area contributed by atoms with E-state index < -0.39 is 0 Å². The van der Waals surface area contributed by atoms with Gasteiger partial charge in [0, 0.05) is 31.2 Å². The van der Waals surface area contributed by atoms with Gasteiger partial charge in [0.05, 0.1) is 6.61 Å². The first kappa shape index (κ1) is 14.9. The smallest absolute Gasteiger partial charge is 0.0547 e. The van der Waals surface area contributed by atoms with Crippen LogP contribution in [0, 0.1) is 5.41 Å². The van der Waals surface area contributed by atoms with Crippen LogP contribution < -0.4 is 5.32 Å². The Morgan fingerprint density at radius 1 is 1.35 bits per heavy atom. The molecule has 1 aliphatic heterocycles. The minimum absolute atomic E-state index is 0.343. The quantitative estimate of drug-likeness (QED) is 0.705. The van der Waals surface area contributed by atoms with Crippen LogP contribution in [-0.4, -0.2) is 50.3 Å². The lowest BCUT2D eigenvalue weighted by Gasteiger charge is -2.36. The molecule has 1 atom stereocenters. The van der Waals surface area contributed by atoms with Crippen LogP contribution in [0.5, 0.6) is 0 Å². The molecule has 0 aromatic heterocycles. The van der Waals surface area contributed by atoms with Crippen LogP contribution >= 0.6 is 0 Å². The molecule has 0 bridgehead atoms. The normalized spacial score (nSPS) is 25.1. The zero-order valence-electron chi connectivity index (χ0n) is 12.1. The molecular weight excluding hydrogens is 212 g/mol. The molecule has 0 aliphatic carbocycles. The summed E-state index contributed by atoms with van der Waals surface area (Å²) in [6.45, 7) is 15.4. The summed E-state index contributed by atoms with van der Waals surface area (Å²) >= 11 is 0.